The van der Waals surface area contributed by atoms with Gasteiger partial charge in [0.25, 0.3) is 0 Å². The molecule has 0 amide bonds. The Morgan fingerprint density at radius 3 is 2.73 bits per heavy atom. The fourth-order valence-electron chi connectivity index (χ4n) is 1.21. The minimum absolute atomic E-state index is 0.637. The van der Waals surface area contributed by atoms with Crippen LogP contribution in [0.4, 0.5) is 5.69 Å². The Morgan fingerprint density at radius 1 is 1.53 bits per heavy atom. The van der Waals surface area contributed by atoms with Crippen LogP contribution in [0.15, 0.2) is 18.2 Å². The Hall–Kier alpha value is -1.71. The molecule has 0 aromatic heterocycles. The molecule has 0 bridgehead atoms. The van der Waals surface area contributed by atoms with Gasteiger partial charge in [-0.05, 0) is 31.5 Å². The van der Waals surface area contributed by atoms with E-state index in [9.17, 15) is 4.79 Å². The van der Waals surface area contributed by atoms with E-state index in [0.29, 0.717) is 11.4 Å². The molecular formula is C11H15NO3. The summed E-state index contributed by atoms with van der Waals surface area (Å²) < 4.78 is 5.15. The molecule has 0 aliphatic carbocycles. The number of carboxylic acids is 1. The number of rotatable bonds is 4. The predicted molar refractivity (Wildman–Crippen MR) is 58.5 cm³/mol. The number of aliphatic carboxylic acids is 1. The van der Waals surface area contributed by atoms with Crippen LogP contribution in [0.25, 0.3) is 0 Å². The summed E-state index contributed by atoms with van der Waals surface area (Å²) in [4.78, 5) is 10.7. The SMILES string of the molecule is COc1cc(C)ccc1NC(C)C(=O)O. The van der Waals surface area contributed by atoms with Gasteiger partial charge in [0.05, 0.1) is 12.8 Å². The molecule has 0 fully saturated rings. The first-order chi connectivity index (χ1) is 7.04. The molecule has 1 rings (SSSR count). The molecule has 1 atom stereocenters. The molecule has 0 saturated heterocycles. The molecular weight excluding hydrogens is 194 g/mol. The van der Waals surface area contributed by atoms with Crippen molar-refractivity contribution in [2.24, 2.45) is 0 Å². The van der Waals surface area contributed by atoms with Crippen LogP contribution < -0.4 is 10.1 Å². The molecule has 15 heavy (non-hydrogen) atoms. The zero-order valence-electron chi connectivity index (χ0n) is 9.07. The van der Waals surface area contributed by atoms with Gasteiger partial charge >= 0.3 is 5.97 Å². The molecule has 0 radical (unpaired) electrons. The molecule has 2 N–H and O–H groups in total. The monoisotopic (exact) mass is 209 g/mol. The van der Waals surface area contributed by atoms with E-state index in [2.05, 4.69) is 5.32 Å². The number of carbonyl (C=O) groups is 1. The van der Waals surface area contributed by atoms with Crippen molar-refractivity contribution in [2.75, 3.05) is 12.4 Å². The van der Waals surface area contributed by atoms with Crippen LogP contribution in [0, 0.1) is 6.92 Å². The second-order valence-corrected chi connectivity index (χ2v) is 3.41. The molecule has 0 aliphatic heterocycles. The van der Waals surface area contributed by atoms with E-state index >= 15 is 0 Å². The van der Waals surface area contributed by atoms with Crippen LogP contribution in [-0.2, 0) is 4.79 Å². The predicted octanol–water partition coefficient (Wildman–Crippen LogP) is 1.89. The molecule has 1 aromatic carbocycles. The van der Waals surface area contributed by atoms with E-state index in [1.165, 1.54) is 0 Å². The van der Waals surface area contributed by atoms with Crippen molar-refractivity contribution in [3.8, 4) is 5.75 Å². The minimum atomic E-state index is -0.891. The van der Waals surface area contributed by atoms with E-state index in [-0.39, 0.29) is 0 Å². The summed E-state index contributed by atoms with van der Waals surface area (Å²) in [6.07, 6.45) is 0. The second-order valence-electron chi connectivity index (χ2n) is 3.41. The Labute approximate surface area is 88.9 Å². The number of benzene rings is 1. The highest BCUT2D eigenvalue weighted by Gasteiger charge is 2.12. The third kappa shape index (κ3) is 2.87. The van der Waals surface area contributed by atoms with Crippen molar-refractivity contribution in [1.82, 2.24) is 0 Å². The summed E-state index contributed by atoms with van der Waals surface area (Å²) in [5, 5.41) is 11.6. The van der Waals surface area contributed by atoms with Gasteiger partial charge in [0, 0.05) is 0 Å². The van der Waals surface area contributed by atoms with Gasteiger partial charge in [0.1, 0.15) is 11.8 Å². The van der Waals surface area contributed by atoms with Gasteiger partial charge in [-0.2, -0.15) is 0 Å². The summed E-state index contributed by atoms with van der Waals surface area (Å²) in [7, 11) is 1.56. The first-order valence-corrected chi connectivity index (χ1v) is 4.68. The zero-order valence-corrected chi connectivity index (χ0v) is 9.07. The molecule has 1 unspecified atom stereocenters. The lowest BCUT2D eigenvalue weighted by molar-refractivity contribution is -0.137. The molecule has 0 saturated carbocycles. The fraction of sp³-hybridized carbons (Fsp3) is 0.364. The van der Waals surface area contributed by atoms with Crippen molar-refractivity contribution in [2.45, 2.75) is 19.9 Å². The van der Waals surface area contributed by atoms with Gasteiger partial charge in [0.15, 0.2) is 0 Å². The first kappa shape index (κ1) is 11.4. The molecule has 0 spiro atoms. The average molecular weight is 209 g/mol. The Kier molecular flexibility index (Phi) is 3.55. The van der Waals surface area contributed by atoms with Crippen LogP contribution in [0.5, 0.6) is 5.75 Å². The molecule has 0 heterocycles. The lowest BCUT2D eigenvalue weighted by atomic mass is 10.2. The van der Waals surface area contributed by atoms with Gasteiger partial charge in [-0.15, -0.1) is 0 Å². The Balaban J connectivity index is 2.89. The van der Waals surface area contributed by atoms with Crippen molar-refractivity contribution < 1.29 is 14.6 Å². The highest BCUT2D eigenvalue weighted by molar-refractivity contribution is 5.77. The topological polar surface area (TPSA) is 58.6 Å². The van der Waals surface area contributed by atoms with Crippen LogP contribution in [0.2, 0.25) is 0 Å². The third-order valence-corrected chi connectivity index (χ3v) is 2.10. The summed E-state index contributed by atoms with van der Waals surface area (Å²) in [6, 6.07) is 4.94. The number of anilines is 1. The molecule has 0 aliphatic rings. The average Bonchev–Trinajstić information content (AvgIpc) is 2.20. The van der Waals surface area contributed by atoms with Gasteiger partial charge in [-0.3, -0.25) is 4.79 Å². The third-order valence-electron chi connectivity index (χ3n) is 2.10. The van der Waals surface area contributed by atoms with Crippen molar-refractivity contribution in [1.29, 1.82) is 0 Å². The standard InChI is InChI=1S/C11H15NO3/c1-7-4-5-9(10(6-7)15-3)12-8(2)11(13)14/h4-6,8,12H,1-3H3,(H,13,14). The van der Waals surface area contributed by atoms with E-state index < -0.39 is 12.0 Å². The summed E-state index contributed by atoms with van der Waals surface area (Å²) >= 11 is 0. The zero-order chi connectivity index (χ0) is 11.4. The van der Waals surface area contributed by atoms with Crippen molar-refractivity contribution >= 4 is 11.7 Å². The highest BCUT2D eigenvalue weighted by atomic mass is 16.5. The van der Waals surface area contributed by atoms with Gasteiger partial charge < -0.3 is 15.2 Å². The summed E-state index contributed by atoms with van der Waals surface area (Å²) in [5.41, 5.74) is 1.76. The molecule has 82 valence electrons. The lowest BCUT2D eigenvalue weighted by Crippen LogP contribution is -2.25. The largest absolute Gasteiger partial charge is 0.495 e. The van der Waals surface area contributed by atoms with E-state index in [4.69, 9.17) is 9.84 Å². The number of nitrogens with one attached hydrogen (secondary N) is 1. The van der Waals surface area contributed by atoms with Gasteiger partial charge in [-0.25, -0.2) is 0 Å². The van der Waals surface area contributed by atoms with Crippen LogP contribution in [0.1, 0.15) is 12.5 Å². The van der Waals surface area contributed by atoms with E-state index in [1.54, 1.807) is 14.0 Å². The molecule has 4 heteroatoms. The maximum atomic E-state index is 10.7. The Bertz CT molecular complexity index is 363. The normalized spacial score (nSPS) is 11.9. The Morgan fingerprint density at radius 2 is 2.20 bits per heavy atom. The fourth-order valence-corrected chi connectivity index (χ4v) is 1.21. The summed E-state index contributed by atoms with van der Waals surface area (Å²) in [6.45, 7) is 3.54. The number of carboxylic acid groups (broad SMARTS) is 1. The van der Waals surface area contributed by atoms with Gasteiger partial charge in [0.2, 0.25) is 0 Å². The molecule has 4 nitrogen and oxygen atoms in total. The van der Waals surface area contributed by atoms with Crippen molar-refractivity contribution in [3.63, 3.8) is 0 Å². The number of aryl methyl sites for hydroxylation is 1. The smallest absolute Gasteiger partial charge is 0.325 e. The highest BCUT2D eigenvalue weighted by Crippen LogP contribution is 2.25. The van der Waals surface area contributed by atoms with Gasteiger partial charge in [-0.1, -0.05) is 6.07 Å². The van der Waals surface area contributed by atoms with E-state index in [0.717, 1.165) is 5.56 Å². The lowest BCUT2D eigenvalue weighted by Gasteiger charge is -2.14. The minimum Gasteiger partial charge on any atom is -0.495 e. The van der Waals surface area contributed by atoms with Crippen LogP contribution in [0.3, 0.4) is 0 Å². The maximum absolute atomic E-state index is 10.7. The molecule has 1 aromatic rings. The van der Waals surface area contributed by atoms with Crippen molar-refractivity contribution in [3.05, 3.63) is 23.8 Å². The second kappa shape index (κ2) is 4.68. The number of hydrogen-bond acceptors (Lipinski definition) is 3. The van der Waals surface area contributed by atoms with Crippen LogP contribution >= 0.6 is 0 Å². The number of ether oxygens (including phenoxy) is 1. The number of hydrogen-bond donors (Lipinski definition) is 2. The quantitative estimate of drug-likeness (QED) is 0.795. The van der Waals surface area contributed by atoms with E-state index in [1.807, 2.05) is 25.1 Å². The first-order valence-electron chi connectivity index (χ1n) is 4.68. The summed E-state index contributed by atoms with van der Waals surface area (Å²) in [5.74, 6) is -0.235. The number of methoxy groups -OCH3 is 1. The maximum Gasteiger partial charge on any atom is 0.325 e. The van der Waals surface area contributed by atoms with Crippen LogP contribution in [-0.4, -0.2) is 24.2 Å².